The average molecular weight is 436 g/mol. The quantitative estimate of drug-likeness (QED) is 0.621. The van der Waals surface area contributed by atoms with Crippen LogP contribution in [0.2, 0.25) is 0 Å². The molecule has 1 aliphatic rings. The van der Waals surface area contributed by atoms with Gasteiger partial charge in [-0.05, 0) is 44.7 Å². The molecule has 144 valence electrons. The van der Waals surface area contributed by atoms with Gasteiger partial charge in [0, 0.05) is 6.04 Å². The lowest BCUT2D eigenvalue weighted by Crippen LogP contribution is -2.40. The van der Waals surface area contributed by atoms with Crippen molar-refractivity contribution in [3.63, 3.8) is 0 Å². The van der Waals surface area contributed by atoms with E-state index < -0.39 is 5.97 Å². The molecule has 2 aromatic rings. The minimum absolute atomic E-state index is 0.0103. The average Bonchev–Trinajstić information content (AvgIpc) is 2.62. The molecule has 0 spiro atoms. The standard InChI is InChI=1S/C19H22BrN3O4/c1-10-16(19(25)26)18(21)17-13(22-10)3-2-4-14(17)27-12-7-5-11(6-8-12)23-15(24)9-20/h2-4,11-12H,5-9H2,1H3,(H2,21,22)(H,23,24)(H,25,26)/t11-,12-. The molecule has 1 heterocycles. The fourth-order valence-corrected chi connectivity index (χ4v) is 3.74. The second-order valence-electron chi connectivity index (χ2n) is 6.73. The van der Waals surface area contributed by atoms with E-state index in [-0.39, 0.29) is 29.3 Å². The van der Waals surface area contributed by atoms with E-state index in [1.807, 2.05) is 6.07 Å². The summed E-state index contributed by atoms with van der Waals surface area (Å²) < 4.78 is 6.17. The van der Waals surface area contributed by atoms with E-state index in [0.29, 0.717) is 27.7 Å². The predicted molar refractivity (Wildman–Crippen MR) is 106 cm³/mol. The van der Waals surface area contributed by atoms with Crippen molar-refractivity contribution >= 4 is 44.4 Å². The summed E-state index contributed by atoms with van der Waals surface area (Å²) in [4.78, 5) is 27.4. The molecule has 8 heteroatoms. The number of benzene rings is 1. The van der Waals surface area contributed by atoms with E-state index in [4.69, 9.17) is 10.5 Å². The van der Waals surface area contributed by atoms with Crippen LogP contribution in [0.3, 0.4) is 0 Å². The van der Waals surface area contributed by atoms with Crippen LogP contribution >= 0.6 is 15.9 Å². The van der Waals surface area contributed by atoms with Gasteiger partial charge in [-0.15, -0.1) is 0 Å². The fourth-order valence-electron chi connectivity index (χ4n) is 3.58. The van der Waals surface area contributed by atoms with Crippen molar-refractivity contribution in [1.29, 1.82) is 0 Å². The number of nitrogens with one attached hydrogen (secondary N) is 1. The normalized spacial score (nSPS) is 19.6. The molecule has 0 atom stereocenters. The van der Waals surface area contributed by atoms with Crippen LogP contribution in [0.1, 0.15) is 41.7 Å². The SMILES string of the molecule is Cc1nc2cccc(O[C@H]3CC[C@H](NC(=O)CBr)CC3)c2c(N)c1C(=O)O. The topological polar surface area (TPSA) is 115 Å². The molecule has 3 rings (SSSR count). The number of hydrogen-bond donors (Lipinski definition) is 3. The number of fused-ring (bicyclic) bond motifs is 1. The molecule has 0 aliphatic heterocycles. The van der Waals surface area contributed by atoms with E-state index in [1.165, 1.54) is 0 Å². The Hall–Kier alpha value is -2.35. The summed E-state index contributed by atoms with van der Waals surface area (Å²) in [5.41, 5.74) is 7.36. The number of amides is 1. The maximum atomic E-state index is 11.5. The number of anilines is 1. The molecule has 0 unspecified atom stereocenters. The van der Waals surface area contributed by atoms with Crippen LogP contribution in [0.15, 0.2) is 18.2 Å². The number of aromatic carboxylic acids is 1. The highest BCUT2D eigenvalue weighted by Gasteiger charge is 2.25. The Balaban J connectivity index is 1.81. The van der Waals surface area contributed by atoms with Crippen LogP contribution in [-0.4, -0.2) is 39.4 Å². The summed E-state index contributed by atoms with van der Waals surface area (Å²) in [7, 11) is 0. The Kier molecular flexibility index (Phi) is 5.84. The van der Waals surface area contributed by atoms with Gasteiger partial charge in [-0.3, -0.25) is 9.78 Å². The second-order valence-corrected chi connectivity index (χ2v) is 7.29. The predicted octanol–water partition coefficient (Wildman–Crippen LogP) is 3.02. The van der Waals surface area contributed by atoms with Gasteiger partial charge in [-0.2, -0.15) is 0 Å². The molecule has 0 bridgehead atoms. The molecule has 1 aromatic carbocycles. The zero-order valence-corrected chi connectivity index (χ0v) is 16.6. The van der Waals surface area contributed by atoms with Crippen molar-refractivity contribution in [1.82, 2.24) is 10.3 Å². The number of nitrogen functional groups attached to an aromatic ring is 1. The fraction of sp³-hybridized carbons (Fsp3) is 0.421. The van der Waals surface area contributed by atoms with Crippen molar-refractivity contribution in [2.45, 2.75) is 44.8 Å². The van der Waals surface area contributed by atoms with Gasteiger partial charge in [0.2, 0.25) is 5.91 Å². The smallest absolute Gasteiger partial charge is 0.339 e. The van der Waals surface area contributed by atoms with Gasteiger partial charge < -0.3 is 20.9 Å². The number of nitrogens with two attached hydrogens (primary N) is 1. The molecule has 0 saturated heterocycles. The molecule has 1 fully saturated rings. The minimum Gasteiger partial charge on any atom is -0.490 e. The third-order valence-electron chi connectivity index (χ3n) is 4.86. The number of nitrogens with zero attached hydrogens (tertiary/aromatic N) is 1. The van der Waals surface area contributed by atoms with Crippen LogP contribution in [-0.2, 0) is 4.79 Å². The number of aryl methyl sites for hydroxylation is 1. The summed E-state index contributed by atoms with van der Waals surface area (Å²) in [6, 6.07) is 5.57. The van der Waals surface area contributed by atoms with E-state index in [2.05, 4.69) is 26.2 Å². The Morgan fingerprint density at radius 3 is 2.67 bits per heavy atom. The first-order chi connectivity index (χ1) is 12.9. The van der Waals surface area contributed by atoms with Crippen molar-refractivity contribution in [3.8, 4) is 5.75 Å². The number of alkyl halides is 1. The van der Waals surface area contributed by atoms with E-state index >= 15 is 0 Å². The minimum atomic E-state index is -1.10. The first-order valence-electron chi connectivity index (χ1n) is 8.84. The van der Waals surface area contributed by atoms with Crippen LogP contribution in [0.5, 0.6) is 5.75 Å². The lowest BCUT2D eigenvalue weighted by molar-refractivity contribution is -0.119. The van der Waals surface area contributed by atoms with Gasteiger partial charge in [0.05, 0.1) is 33.7 Å². The van der Waals surface area contributed by atoms with Crippen LogP contribution in [0, 0.1) is 6.92 Å². The lowest BCUT2D eigenvalue weighted by Gasteiger charge is -2.30. The second kappa shape index (κ2) is 8.12. The third kappa shape index (κ3) is 4.16. The number of halogens is 1. The highest BCUT2D eigenvalue weighted by atomic mass is 79.9. The Bertz CT molecular complexity index is 879. The summed E-state index contributed by atoms with van der Waals surface area (Å²) in [5, 5.41) is 13.3. The number of rotatable bonds is 5. The summed E-state index contributed by atoms with van der Waals surface area (Å²) in [6.45, 7) is 1.63. The summed E-state index contributed by atoms with van der Waals surface area (Å²) in [5.74, 6) is -0.561. The first-order valence-corrected chi connectivity index (χ1v) is 9.97. The van der Waals surface area contributed by atoms with Gasteiger partial charge in [0.25, 0.3) is 0 Å². The molecule has 0 radical (unpaired) electrons. The number of ether oxygens (including phenoxy) is 1. The van der Waals surface area contributed by atoms with Crippen LogP contribution in [0.4, 0.5) is 5.69 Å². The van der Waals surface area contributed by atoms with Crippen LogP contribution in [0.25, 0.3) is 10.9 Å². The Labute approximate surface area is 165 Å². The Morgan fingerprint density at radius 2 is 2.04 bits per heavy atom. The zero-order valence-electron chi connectivity index (χ0n) is 15.0. The monoisotopic (exact) mass is 435 g/mol. The number of pyridine rings is 1. The molecule has 27 heavy (non-hydrogen) atoms. The molecule has 1 saturated carbocycles. The van der Waals surface area contributed by atoms with Crippen molar-refractivity contribution in [2.75, 3.05) is 11.1 Å². The van der Waals surface area contributed by atoms with Crippen LogP contribution < -0.4 is 15.8 Å². The number of aromatic nitrogens is 1. The third-order valence-corrected chi connectivity index (χ3v) is 5.37. The van der Waals surface area contributed by atoms with E-state index in [1.54, 1.807) is 19.1 Å². The zero-order chi connectivity index (χ0) is 19.6. The van der Waals surface area contributed by atoms with Gasteiger partial charge in [0.1, 0.15) is 11.3 Å². The summed E-state index contributed by atoms with van der Waals surface area (Å²) >= 11 is 3.15. The molecular weight excluding hydrogens is 414 g/mol. The van der Waals surface area contributed by atoms with Gasteiger partial charge in [0.15, 0.2) is 0 Å². The van der Waals surface area contributed by atoms with Crippen molar-refractivity contribution in [3.05, 3.63) is 29.5 Å². The van der Waals surface area contributed by atoms with Crippen molar-refractivity contribution in [2.24, 2.45) is 0 Å². The van der Waals surface area contributed by atoms with Crippen molar-refractivity contribution < 1.29 is 19.4 Å². The highest BCUT2D eigenvalue weighted by Crippen LogP contribution is 2.35. The first kappa shape index (κ1) is 19.4. The maximum absolute atomic E-state index is 11.5. The van der Waals surface area contributed by atoms with Gasteiger partial charge in [-0.25, -0.2) is 4.79 Å². The summed E-state index contributed by atoms with van der Waals surface area (Å²) in [6.07, 6.45) is 3.26. The molecule has 1 amide bonds. The Morgan fingerprint density at radius 1 is 1.33 bits per heavy atom. The van der Waals surface area contributed by atoms with E-state index in [9.17, 15) is 14.7 Å². The molecule has 4 N–H and O–H groups in total. The van der Waals surface area contributed by atoms with Gasteiger partial charge >= 0.3 is 5.97 Å². The number of carboxylic acids is 1. The number of carbonyl (C=O) groups excluding carboxylic acids is 1. The molecule has 1 aromatic heterocycles. The number of carboxylic acid groups (broad SMARTS) is 1. The lowest BCUT2D eigenvalue weighted by atomic mass is 9.93. The van der Waals surface area contributed by atoms with E-state index in [0.717, 1.165) is 25.7 Å². The number of hydrogen-bond acceptors (Lipinski definition) is 5. The molecule has 7 nitrogen and oxygen atoms in total. The molecule has 1 aliphatic carbocycles. The highest BCUT2D eigenvalue weighted by molar-refractivity contribution is 9.09. The maximum Gasteiger partial charge on any atom is 0.339 e. The number of carbonyl (C=O) groups is 2. The van der Waals surface area contributed by atoms with Gasteiger partial charge in [-0.1, -0.05) is 22.0 Å². The molecular formula is C19H22BrN3O4. The largest absolute Gasteiger partial charge is 0.490 e.